The summed E-state index contributed by atoms with van der Waals surface area (Å²) in [7, 11) is 0. The number of nitrogens with zero attached hydrogens (tertiary/aromatic N) is 3. The molecule has 0 aliphatic rings. The molecule has 2 atom stereocenters. The molecule has 2 aromatic heterocycles. The second-order valence-electron chi connectivity index (χ2n) is 8.85. The Balaban J connectivity index is 1.23. The molecular weight excluding hydrogens is 478 g/mol. The van der Waals surface area contributed by atoms with E-state index < -0.39 is 12.2 Å². The van der Waals surface area contributed by atoms with Crippen molar-refractivity contribution in [1.82, 2.24) is 14.7 Å². The first-order valence-electron chi connectivity index (χ1n) is 12.1. The highest BCUT2D eigenvalue weighted by Gasteiger charge is 2.18. The van der Waals surface area contributed by atoms with Crippen LogP contribution < -0.4 is 0 Å². The Bertz CT molecular complexity index is 1590. The Hall–Kier alpha value is -4.77. The van der Waals surface area contributed by atoms with Crippen LogP contribution in [0.5, 0.6) is 0 Å². The number of carbonyl (C=O) groups excluding carboxylic acids is 1. The Morgan fingerprint density at radius 2 is 1.61 bits per heavy atom. The second-order valence-corrected chi connectivity index (χ2v) is 8.85. The van der Waals surface area contributed by atoms with Crippen LogP contribution in [0, 0.1) is 11.8 Å². The van der Waals surface area contributed by atoms with Crippen LogP contribution in [0.4, 0.5) is 0 Å². The lowest BCUT2D eigenvalue weighted by molar-refractivity contribution is 0.0747. The molecule has 0 spiro atoms. The number of ketones is 1. The van der Waals surface area contributed by atoms with Crippen LogP contribution in [-0.2, 0) is 6.54 Å². The van der Waals surface area contributed by atoms with E-state index in [0.29, 0.717) is 29.3 Å². The quantitative estimate of drug-likeness (QED) is 0.241. The predicted molar refractivity (Wildman–Crippen MR) is 142 cm³/mol. The van der Waals surface area contributed by atoms with Gasteiger partial charge < -0.3 is 19.3 Å². The standard InChI is InChI=1S/C31H25N3O4/c1-21(35)31-32-17-18-34(31)20-27-19-28(38-33-27)24-13-9-22(10-14-24)7-8-23-11-15-26(16-12-23)30(37)29(36)25-5-3-2-4-6-25/h2-6,9-19,21,30,35,37H,20H2,1H3/t21?,30-/m0/s1. The van der Waals surface area contributed by atoms with Crippen LogP contribution in [0.2, 0.25) is 0 Å². The van der Waals surface area contributed by atoms with Gasteiger partial charge in [0.2, 0.25) is 0 Å². The van der Waals surface area contributed by atoms with Gasteiger partial charge in [0.15, 0.2) is 11.5 Å². The summed E-state index contributed by atoms with van der Waals surface area (Å²) < 4.78 is 7.35. The van der Waals surface area contributed by atoms with Crippen molar-refractivity contribution in [3.05, 3.63) is 131 Å². The van der Waals surface area contributed by atoms with Crippen LogP contribution in [0.25, 0.3) is 11.3 Å². The fourth-order valence-corrected chi connectivity index (χ4v) is 4.04. The second kappa shape index (κ2) is 11.1. The first kappa shape index (κ1) is 24.9. The lowest BCUT2D eigenvalue weighted by atomic mass is 9.99. The predicted octanol–water partition coefficient (Wildman–Crippen LogP) is 4.96. The molecule has 0 fully saturated rings. The lowest BCUT2D eigenvalue weighted by Crippen LogP contribution is -2.12. The van der Waals surface area contributed by atoms with Gasteiger partial charge in [-0.05, 0) is 48.9 Å². The molecule has 5 aromatic rings. The largest absolute Gasteiger partial charge is 0.385 e. The molecule has 38 heavy (non-hydrogen) atoms. The zero-order chi connectivity index (χ0) is 26.5. The van der Waals surface area contributed by atoms with Gasteiger partial charge in [0.1, 0.15) is 23.7 Å². The molecular formula is C31H25N3O4. The van der Waals surface area contributed by atoms with E-state index in [0.717, 1.165) is 22.4 Å². The van der Waals surface area contributed by atoms with E-state index in [1.54, 1.807) is 67.8 Å². The summed E-state index contributed by atoms with van der Waals surface area (Å²) in [5.41, 5.74) is 4.19. The molecule has 0 saturated carbocycles. The van der Waals surface area contributed by atoms with Gasteiger partial charge >= 0.3 is 0 Å². The zero-order valence-corrected chi connectivity index (χ0v) is 20.7. The molecule has 7 heteroatoms. The molecule has 0 bridgehead atoms. The first-order valence-corrected chi connectivity index (χ1v) is 12.1. The number of Topliss-reactive ketones (excluding diaryl/α,β-unsaturated/α-hetero) is 1. The SMILES string of the molecule is CC(O)c1nccn1Cc1cc(-c2ccc(C#Cc3ccc([C@H](O)C(=O)c4ccccc4)cc3)cc2)on1. The maximum Gasteiger partial charge on any atom is 0.195 e. The average molecular weight is 504 g/mol. The summed E-state index contributed by atoms with van der Waals surface area (Å²) in [4.78, 5) is 16.7. The highest BCUT2D eigenvalue weighted by molar-refractivity contribution is 5.99. The smallest absolute Gasteiger partial charge is 0.195 e. The Labute approximate surface area is 220 Å². The van der Waals surface area contributed by atoms with Crippen LogP contribution in [-0.4, -0.2) is 30.7 Å². The number of hydrogen-bond donors (Lipinski definition) is 2. The van der Waals surface area contributed by atoms with Gasteiger partial charge in [-0.2, -0.15) is 0 Å². The first-order chi connectivity index (χ1) is 18.5. The highest BCUT2D eigenvalue weighted by atomic mass is 16.5. The van der Waals surface area contributed by atoms with Crippen molar-refractivity contribution in [1.29, 1.82) is 0 Å². The number of imidazole rings is 1. The lowest BCUT2D eigenvalue weighted by Gasteiger charge is -2.10. The van der Waals surface area contributed by atoms with Gasteiger partial charge in [-0.3, -0.25) is 4.79 Å². The van der Waals surface area contributed by atoms with Crippen molar-refractivity contribution in [2.24, 2.45) is 0 Å². The Morgan fingerprint density at radius 1 is 0.947 bits per heavy atom. The summed E-state index contributed by atoms with van der Waals surface area (Å²) >= 11 is 0. The number of benzene rings is 3. The molecule has 5 rings (SSSR count). The molecule has 188 valence electrons. The molecule has 0 aliphatic heterocycles. The topological polar surface area (TPSA) is 101 Å². The molecule has 0 amide bonds. The monoisotopic (exact) mass is 503 g/mol. The maximum absolute atomic E-state index is 12.5. The number of aromatic nitrogens is 3. The van der Waals surface area contributed by atoms with E-state index >= 15 is 0 Å². The van der Waals surface area contributed by atoms with E-state index in [-0.39, 0.29) is 5.78 Å². The fourth-order valence-electron chi connectivity index (χ4n) is 4.04. The van der Waals surface area contributed by atoms with Crippen LogP contribution in [0.3, 0.4) is 0 Å². The van der Waals surface area contributed by atoms with Gasteiger partial charge in [0.25, 0.3) is 0 Å². The van der Waals surface area contributed by atoms with Gasteiger partial charge in [-0.25, -0.2) is 4.98 Å². The van der Waals surface area contributed by atoms with Crippen LogP contribution >= 0.6 is 0 Å². The molecule has 3 aromatic carbocycles. The molecule has 1 unspecified atom stereocenters. The van der Waals surface area contributed by atoms with Crippen molar-refractivity contribution in [2.75, 3.05) is 0 Å². The maximum atomic E-state index is 12.5. The summed E-state index contributed by atoms with van der Waals surface area (Å²) in [6.07, 6.45) is 1.55. The average Bonchev–Trinajstić information content (AvgIpc) is 3.62. The fraction of sp³-hybridized carbons (Fsp3) is 0.129. The zero-order valence-electron chi connectivity index (χ0n) is 20.7. The Kier molecular flexibility index (Phi) is 7.27. The molecule has 2 heterocycles. The minimum absolute atomic E-state index is 0.338. The van der Waals surface area contributed by atoms with Gasteiger partial charge in [0, 0.05) is 40.7 Å². The minimum Gasteiger partial charge on any atom is -0.385 e. The molecule has 0 saturated heterocycles. The molecule has 0 radical (unpaired) electrons. The molecule has 0 aliphatic carbocycles. The summed E-state index contributed by atoms with van der Waals surface area (Å²) in [6.45, 7) is 2.12. The van der Waals surface area contributed by atoms with E-state index in [1.165, 1.54) is 0 Å². The van der Waals surface area contributed by atoms with Crippen LogP contribution in [0.15, 0.2) is 102 Å². The van der Waals surface area contributed by atoms with E-state index in [4.69, 9.17) is 4.52 Å². The third kappa shape index (κ3) is 5.62. The summed E-state index contributed by atoms with van der Waals surface area (Å²) in [6, 6.07) is 25.3. The summed E-state index contributed by atoms with van der Waals surface area (Å²) in [5, 5.41) is 24.4. The number of aliphatic hydroxyl groups is 2. The normalized spacial score (nSPS) is 12.4. The van der Waals surface area contributed by atoms with E-state index in [1.807, 2.05) is 41.0 Å². The van der Waals surface area contributed by atoms with Crippen molar-refractivity contribution in [3.8, 4) is 23.2 Å². The summed E-state index contributed by atoms with van der Waals surface area (Å²) in [5.74, 6) is 7.11. The van der Waals surface area contributed by atoms with Crippen molar-refractivity contribution < 1.29 is 19.5 Å². The number of carbonyl (C=O) groups is 1. The van der Waals surface area contributed by atoms with E-state index in [9.17, 15) is 15.0 Å². The highest BCUT2D eigenvalue weighted by Crippen LogP contribution is 2.22. The third-order valence-corrected chi connectivity index (χ3v) is 6.07. The van der Waals surface area contributed by atoms with Crippen LogP contribution in [0.1, 0.15) is 57.7 Å². The Morgan fingerprint density at radius 3 is 2.26 bits per heavy atom. The van der Waals surface area contributed by atoms with Gasteiger partial charge in [-0.1, -0.05) is 59.5 Å². The van der Waals surface area contributed by atoms with Gasteiger partial charge in [0.05, 0.1) is 6.54 Å². The molecule has 7 nitrogen and oxygen atoms in total. The van der Waals surface area contributed by atoms with E-state index in [2.05, 4.69) is 22.0 Å². The third-order valence-electron chi connectivity index (χ3n) is 6.07. The minimum atomic E-state index is -1.22. The number of rotatable bonds is 7. The van der Waals surface area contributed by atoms with Crippen molar-refractivity contribution in [3.63, 3.8) is 0 Å². The molecule has 2 N–H and O–H groups in total. The van der Waals surface area contributed by atoms with Crippen molar-refractivity contribution in [2.45, 2.75) is 25.7 Å². The van der Waals surface area contributed by atoms with Crippen molar-refractivity contribution >= 4 is 5.78 Å². The van der Waals surface area contributed by atoms with Gasteiger partial charge in [-0.15, -0.1) is 0 Å². The number of hydrogen-bond acceptors (Lipinski definition) is 6. The number of aliphatic hydroxyl groups excluding tert-OH is 2.